The number of amides is 2. The maximum absolute atomic E-state index is 12.3. The molecular weight excluding hydrogens is 389 g/mol. The maximum Gasteiger partial charge on any atom is 0.303 e. The van der Waals surface area contributed by atoms with Crippen molar-refractivity contribution in [3.63, 3.8) is 0 Å². The second-order valence-electron chi connectivity index (χ2n) is 8.30. The van der Waals surface area contributed by atoms with Gasteiger partial charge in [-0.2, -0.15) is 0 Å². The Labute approximate surface area is 180 Å². The number of likely N-dealkylation sites (N-methyl/N-ethyl adjacent to an activating group) is 1. The lowest BCUT2D eigenvalue weighted by molar-refractivity contribution is -0.137. The van der Waals surface area contributed by atoms with Crippen LogP contribution < -0.4 is 10.6 Å². The number of hydrogen-bond donors (Lipinski definition) is 3. The number of aliphatic carboxylic acids is 1. The van der Waals surface area contributed by atoms with E-state index in [1.165, 1.54) is 0 Å². The molecule has 2 saturated heterocycles. The van der Waals surface area contributed by atoms with Gasteiger partial charge >= 0.3 is 5.97 Å². The van der Waals surface area contributed by atoms with Crippen molar-refractivity contribution in [3.05, 3.63) is 0 Å². The van der Waals surface area contributed by atoms with Crippen LogP contribution in [0, 0.1) is 0 Å². The fourth-order valence-corrected chi connectivity index (χ4v) is 4.17. The third-order valence-electron chi connectivity index (χ3n) is 6.02. The molecule has 0 aromatic heterocycles. The molecule has 1 unspecified atom stereocenters. The van der Waals surface area contributed by atoms with E-state index in [-0.39, 0.29) is 18.2 Å². The largest absolute Gasteiger partial charge is 0.481 e. The van der Waals surface area contributed by atoms with Gasteiger partial charge < -0.3 is 20.6 Å². The molecule has 30 heavy (non-hydrogen) atoms. The van der Waals surface area contributed by atoms with Crippen LogP contribution in [0.4, 0.5) is 0 Å². The molecule has 0 aromatic rings. The van der Waals surface area contributed by atoms with Crippen molar-refractivity contribution >= 4 is 17.8 Å². The number of carboxylic acids is 1. The number of piperazine rings is 1. The molecule has 1 atom stereocenters. The lowest BCUT2D eigenvalue weighted by Gasteiger charge is -2.37. The van der Waals surface area contributed by atoms with Crippen molar-refractivity contribution < 1.29 is 19.5 Å². The van der Waals surface area contributed by atoms with Gasteiger partial charge in [-0.1, -0.05) is 6.92 Å². The summed E-state index contributed by atoms with van der Waals surface area (Å²) < 4.78 is 0. The van der Waals surface area contributed by atoms with Crippen LogP contribution in [0.15, 0.2) is 0 Å². The lowest BCUT2D eigenvalue weighted by Crippen LogP contribution is -2.51. The van der Waals surface area contributed by atoms with Gasteiger partial charge in [0.05, 0.1) is 6.54 Å². The molecule has 2 rings (SSSR count). The Balaban J connectivity index is 1.55. The predicted octanol–water partition coefficient (Wildman–Crippen LogP) is -0.0343. The fourth-order valence-electron chi connectivity index (χ4n) is 4.17. The first-order valence-corrected chi connectivity index (χ1v) is 11.4. The third kappa shape index (κ3) is 9.40. The van der Waals surface area contributed by atoms with Crippen LogP contribution in [0.5, 0.6) is 0 Å². The Morgan fingerprint density at radius 2 is 1.53 bits per heavy atom. The van der Waals surface area contributed by atoms with Gasteiger partial charge in [-0.3, -0.25) is 24.2 Å². The van der Waals surface area contributed by atoms with E-state index in [1.807, 2.05) is 0 Å². The fraction of sp³-hybridized carbons (Fsp3) is 0.857. The Bertz CT molecular complexity index is 552. The first kappa shape index (κ1) is 24.6. The summed E-state index contributed by atoms with van der Waals surface area (Å²) in [5.74, 6) is -0.928. The lowest BCUT2D eigenvalue weighted by atomic mass is 10.2. The molecule has 172 valence electrons. The van der Waals surface area contributed by atoms with Gasteiger partial charge in [-0.05, 0) is 38.8 Å². The monoisotopic (exact) mass is 428 g/mol. The summed E-state index contributed by atoms with van der Waals surface area (Å²) in [4.78, 5) is 41.7. The summed E-state index contributed by atoms with van der Waals surface area (Å²) in [6.07, 6.45) is 3.72. The van der Waals surface area contributed by atoms with Crippen LogP contribution >= 0.6 is 0 Å². The summed E-state index contributed by atoms with van der Waals surface area (Å²) in [7, 11) is 0. The number of hydrogen-bond acceptors (Lipinski definition) is 6. The van der Waals surface area contributed by atoms with Crippen LogP contribution in [0.1, 0.15) is 45.4 Å². The molecular formula is C21H39N5O4. The van der Waals surface area contributed by atoms with Crippen LogP contribution in [0.3, 0.4) is 0 Å². The van der Waals surface area contributed by atoms with Gasteiger partial charge in [0.2, 0.25) is 11.8 Å². The molecule has 2 aliphatic heterocycles. The van der Waals surface area contributed by atoms with Crippen LogP contribution in [-0.4, -0.2) is 109 Å². The van der Waals surface area contributed by atoms with E-state index in [4.69, 9.17) is 5.11 Å². The number of likely N-dealkylation sites (tertiary alicyclic amines) is 1. The van der Waals surface area contributed by atoms with Crippen molar-refractivity contribution in [3.8, 4) is 0 Å². The summed E-state index contributed by atoms with van der Waals surface area (Å²) in [5.41, 5.74) is 0. The number of carbonyl (C=O) groups excluding carboxylic acids is 2. The molecule has 0 bridgehead atoms. The average molecular weight is 429 g/mol. The molecule has 2 heterocycles. The van der Waals surface area contributed by atoms with Gasteiger partial charge in [0.25, 0.3) is 0 Å². The average Bonchev–Trinajstić information content (AvgIpc) is 3.15. The molecule has 0 spiro atoms. The Kier molecular flexibility index (Phi) is 11.1. The van der Waals surface area contributed by atoms with Gasteiger partial charge in [0.1, 0.15) is 0 Å². The second-order valence-corrected chi connectivity index (χ2v) is 8.30. The standard InChI is InChI=1S/C21H39N5O4/c1-2-24-12-14-25(15-13-24)16-18-6-5-11-26(18)17-20(28)23-9-3-7-19(27)22-10-4-8-21(29)30/h18H,2-17H2,1H3,(H,22,27)(H,23,28)(H,29,30)/i24+1,25+1,26+1. The summed E-state index contributed by atoms with van der Waals surface area (Å²) in [6.45, 7) is 11.1. The van der Waals surface area contributed by atoms with Gasteiger partial charge in [-0.15, -0.1) is 0 Å². The van der Waals surface area contributed by atoms with Gasteiger partial charge in [-0.25, -0.2) is 0 Å². The molecule has 2 amide bonds. The maximum atomic E-state index is 12.3. The molecule has 0 radical (unpaired) electrons. The highest BCUT2D eigenvalue weighted by Gasteiger charge is 2.28. The predicted molar refractivity (Wildman–Crippen MR) is 115 cm³/mol. The molecule has 2 aliphatic rings. The van der Waals surface area contributed by atoms with Crippen molar-refractivity contribution in [1.29, 1.82) is 0 Å². The highest BCUT2D eigenvalue weighted by molar-refractivity contribution is 5.78. The number of rotatable bonds is 13. The zero-order valence-corrected chi connectivity index (χ0v) is 18.4. The SMILES string of the molecule is CC[15N]1CC[15N](CC2CCC[15N]2CC(=O)NCCCC(=O)NCCCC(=O)O)CC1. The van der Waals surface area contributed by atoms with Crippen molar-refractivity contribution in [2.24, 2.45) is 0 Å². The Morgan fingerprint density at radius 3 is 2.20 bits per heavy atom. The highest BCUT2D eigenvalue weighted by atomic mass is 16.4. The second kappa shape index (κ2) is 13.6. The summed E-state index contributed by atoms with van der Waals surface area (Å²) in [5, 5.41) is 14.2. The minimum absolute atomic E-state index is 0.0274. The van der Waals surface area contributed by atoms with E-state index >= 15 is 0 Å². The van der Waals surface area contributed by atoms with E-state index in [2.05, 4.69) is 32.3 Å². The minimum atomic E-state index is -0.855. The van der Waals surface area contributed by atoms with Crippen molar-refractivity contribution in [2.75, 3.05) is 65.4 Å². The molecule has 0 saturated carbocycles. The normalized spacial score (nSPS) is 20.9. The van der Waals surface area contributed by atoms with Crippen molar-refractivity contribution in [1.82, 2.24) is 25.3 Å². The van der Waals surface area contributed by atoms with Crippen molar-refractivity contribution in [2.45, 2.75) is 51.5 Å². The topological polar surface area (TPSA) is 105 Å². The van der Waals surface area contributed by atoms with E-state index in [0.29, 0.717) is 44.9 Å². The van der Waals surface area contributed by atoms with Gasteiger partial charge in [0.15, 0.2) is 0 Å². The Hall–Kier alpha value is -1.71. The molecule has 2 fully saturated rings. The van der Waals surface area contributed by atoms with E-state index in [0.717, 1.165) is 58.7 Å². The van der Waals surface area contributed by atoms with E-state index < -0.39 is 5.97 Å². The summed E-state index contributed by atoms with van der Waals surface area (Å²) in [6, 6.07) is 0.459. The summed E-state index contributed by atoms with van der Waals surface area (Å²) >= 11 is 0. The first-order valence-electron chi connectivity index (χ1n) is 11.4. The molecule has 3 N–H and O–H groups in total. The third-order valence-corrected chi connectivity index (χ3v) is 6.02. The number of nitrogens with zero attached hydrogens (tertiary/aromatic N) is 3. The zero-order valence-electron chi connectivity index (χ0n) is 18.4. The number of carbonyl (C=O) groups is 3. The number of nitrogens with one attached hydrogen (secondary N) is 2. The van der Waals surface area contributed by atoms with Crippen LogP contribution in [0.25, 0.3) is 0 Å². The molecule has 9 nitrogen and oxygen atoms in total. The molecule has 9 heteroatoms. The van der Waals surface area contributed by atoms with E-state index in [9.17, 15) is 14.4 Å². The van der Waals surface area contributed by atoms with E-state index in [1.54, 1.807) is 0 Å². The van der Waals surface area contributed by atoms with Crippen LogP contribution in [0.2, 0.25) is 0 Å². The highest BCUT2D eigenvalue weighted by Crippen LogP contribution is 2.18. The Morgan fingerprint density at radius 1 is 0.900 bits per heavy atom. The zero-order chi connectivity index (χ0) is 21.8. The first-order chi connectivity index (χ1) is 14.5. The quantitative estimate of drug-likeness (QED) is 0.279. The van der Waals surface area contributed by atoms with Gasteiger partial charge in [0, 0.05) is 64.7 Å². The molecule has 0 aromatic carbocycles. The smallest absolute Gasteiger partial charge is 0.303 e. The minimum Gasteiger partial charge on any atom is -0.481 e. The van der Waals surface area contributed by atoms with Crippen LogP contribution in [-0.2, 0) is 14.4 Å². The number of carboxylic acid groups (broad SMARTS) is 1. The molecule has 0 aliphatic carbocycles.